The van der Waals surface area contributed by atoms with E-state index in [9.17, 15) is 5.11 Å². The maximum atomic E-state index is 9.35. The van der Waals surface area contributed by atoms with Crippen molar-refractivity contribution in [3.63, 3.8) is 0 Å². The fraction of sp³-hybridized carbons (Fsp3) is 0.0526. The highest BCUT2D eigenvalue weighted by molar-refractivity contribution is 5.67. The summed E-state index contributed by atoms with van der Waals surface area (Å²) in [7, 11) is 0. The van der Waals surface area contributed by atoms with Crippen LogP contribution in [0.4, 0.5) is 11.4 Å². The van der Waals surface area contributed by atoms with Crippen molar-refractivity contribution in [2.24, 2.45) is 0 Å². The Labute approximate surface area is 129 Å². The zero-order valence-corrected chi connectivity index (χ0v) is 12.3. The quantitative estimate of drug-likeness (QED) is 0.646. The molecule has 2 N–H and O–H groups in total. The van der Waals surface area contributed by atoms with Crippen LogP contribution in [-0.2, 0) is 0 Å². The largest absolute Gasteiger partial charge is 0.508 e. The summed E-state index contributed by atoms with van der Waals surface area (Å²) in [4.78, 5) is 0. The van der Waals surface area contributed by atoms with E-state index in [4.69, 9.17) is 4.74 Å². The van der Waals surface area contributed by atoms with Gasteiger partial charge in [0.25, 0.3) is 0 Å². The second kappa shape index (κ2) is 6.22. The fourth-order valence-electron chi connectivity index (χ4n) is 2.15. The first-order chi connectivity index (χ1) is 10.7. The normalized spacial score (nSPS) is 10.2. The monoisotopic (exact) mass is 291 g/mol. The van der Waals surface area contributed by atoms with Gasteiger partial charge in [-0.15, -0.1) is 0 Å². The van der Waals surface area contributed by atoms with Gasteiger partial charge in [0, 0.05) is 5.69 Å². The van der Waals surface area contributed by atoms with Crippen LogP contribution in [0.1, 0.15) is 5.56 Å². The lowest BCUT2D eigenvalue weighted by Gasteiger charge is -2.14. The van der Waals surface area contributed by atoms with Crippen molar-refractivity contribution < 1.29 is 9.84 Å². The molecule has 3 rings (SSSR count). The molecule has 0 saturated heterocycles. The van der Waals surface area contributed by atoms with Gasteiger partial charge in [-0.1, -0.05) is 30.3 Å². The Morgan fingerprint density at radius 2 is 1.41 bits per heavy atom. The van der Waals surface area contributed by atoms with Crippen LogP contribution in [0, 0.1) is 6.92 Å². The van der Waals surface area contributed by atoms with E-state index in [0.29, 0.717) is 0 Å². The van der Waals surface area contributed by atoms with Gasteiger partial charge in [-0.25, -0.2) is 0 Å². The van der Waals surface area contributed by atoms with Crippen LogP contribution in [0.15, 0.2) is 72.8 Å². The molecule has 0 aliphatic rings. The van der Waals surface area contributed by atoms with Crippen LogP contribution >= 0.6 is 0 Å². The molecule has 0 saturated carbocycles. The van der Waals surface area contributed by atoms with Crippen molar-refractivity contribution in [3.8, 4) is 17.2 Å². The summed E-state index contributed by atoms with van der Waals surface area (Å²) < 4.78 is 6.02. The van der Waals surface area contributed by atoms with Gasteiger partial charge in [-0.3, -0.25) is 0 Å². The molecule has 0 heterocycles. The molecule has 22 heavy (non-hydrogen) atoms. The van der Waals surface area contributed by atoms with Crippen molar-refractivity contribution in [2.45, 2.75) is 6.92 Å². The van der Waals surface area contributed by atoms with Gasteiger partial charge in [0.1, 0.15) is 11.5 Å². The predicted molar refractivity (Wildman–Crippen MR) is 89.1 cm³/mol. The minimum absolute atomic E-state index is 0.245. The van der Waals surface area contributed by atoms with Crippen LogP contribution in [0.2, 0.25) is 0 Å². The summed E-state index contributed by atoms with van der Waals surface area (Å²) in [6.45, 7) is 2.02. The molecule has 3 aromatic carbocycles. The summed E-state index contributed by atoms with van der Waals surface area (Å²) in [5.74, 6) is 1.84. The van der Waals surface area contributed by atoms with E-state index < -0.39 is 0 Å². The van der Waals surface area contributed by atoms with E-state index in [1.165, 1.54) is 0 Å². The van der Waals surface area contributed by atoms with Crippen LogP contribution in [0.5, 0.6) is 17.2 Å². The number of phenolic OH excluding ortho intramolecular Hbond substituents is 1. The number of nitrogens with one attached hydrogen (secondary N) is 1. The number of benzene rings is 3. The first-order valence-corrected chi connectivity index (χ1v) is 7.11. The van der Waals surface area contributed by atoms with Gasteiger partial charge < -0.3 is 15.2 Å². The van der Waals surface area contributed by atoms with Gasteiger partial charge >= 0.3 is 0 Å². The molecule has 0 atom stereocenters. The van der Waals surface area contributed by atoms with Crippen molar-refractivity contribution in [1.82, 2.24) is 0 Å². The van der Waals surface area contributed by atoms with Crippen molar-refractivity contribution in [1.29, 1.82) is 0 Å². The van der Waals surface area contributed by atoms with Crippen molar-refractivity contribution in [2.75, 3.05) is 5.32 Å². The highest BCUT2D eigenvalue weighted by atomic mass is 16.5. The first-order valence-electron chi connectivity index (χ1n) is 7.11. The average molecular weight is 291 g/mol. The zero-order chi connectivity index (χ0) is 15.4. The molecule has 0 aliphatic carbocycles. The van der Waals surface area contributed by atoms with Crippen LogP contribution < -0.4 is 10.1 Å². The van der Waals surface area contributed by atoms with E-state index in [2.05, 4.69) is 5.32 Å². The molecule has 0 bridgehead atoms. The topological polar surface area (TPSA) is 41.5 Å². The van der Waals surface area contributed by atoms with Gasteiger partial charge in [0.05, 0.1) is 5.69 Å². The molecule has 0 radical (unpaired) electrons. The Balaban J connectivity index is 1.87. The Morgan fingerprint density at radius 3 is 2.14 bits per heavy atom. The number of ether oxygens (including phenoxy) is 1. The number of anilines is 2. The standard InChI is InChI=1S/C19H17NO2/c1-14-6-2-4-8-18(14)22-19-9-5-3-7-17(19)20-15-10-12-16(21)13-11-15/h2-13,20-21H,1H3. The maximum absolute atomic E-state index is 9.35. The molecule has 0 spiro atoms. The summed E-state index contributed by atoms with van der Waals surface area (Å²) in [5, 5.41) is 12.7. The number of aryl methyl sites for hydroxylation is 1. The molecule has 110 valence electrons. The predicted octanol–water partition coefficient (Wildman–Crippen LogP) is 5.24. The second-order valence-electron chi connectivity index (χ2n) is 5.04. The Bertz CT molecular complexity index is 766. The fourth-order valence-corrected chi connectivity index (χ4v) is 2.15. The Kier molecular flexibility index (Phi) is 3.97. The Hall–Kier alpha value is -2.94. The molecular formula is C19H17NO2. The highest BCUT2D eigenvalue weighted by Crippen LogP contribution is 2.33. The van der Waals surface area contributed by atoms with E-state index in [-0.39, 0.29) is 5.75 Å². The third-order valence-electron chi connectivity index (χ3n) is 3.35. The molecular weight excluding hydrogens is 274 g/mol. The lowest BCUT2D eigenvalue weighted by atomic mass is 10.2. The third-order valence-corrected chi connectivity index (χ3v) is 3.35. The number of hydrogen-bond donors (Lipinski definition) is 2. The summed E-state index contributed by atoms with van der Waals surface area (Å²) in [6, 6.07) is 22.6. The van der Waals surface area contributed by atoms with E-state index >= 15 is 0 Å². The van der Waals surface area contributed by atoms with Gasteiger partial charge in [0.2, 0.25) is 0 Å². The van der Waals surface area contributed by atoms with Gasteiger partial charge in [-0.05, 0) is 55.0 Å². The van der Waals surface area contributed by atoms with Crippen molar-refractivity contribution >= 4 is 11.4 Å². The average Bonchev–Trinajstić information content (AvgIpc) is 2.53. The zero-order valence-electron chi connectivity index (χ0n) is 12.3. The molecule has 0 amide bonds. The minimum Gasteiger partial charge on any atom is -0.508 e. The number of hydrogen-bond acceptors (Lipinski definition) is 3. The molecule has 0 aliphatic heterocycles. The SMILES string of the molecule is Cc1ccccc1Oc1ccccc1Nc1ccc(O)cc1. The number of rotatable bonds is 4. The maximum Gasteiger partial charge on any atom is 0.150 e. The molecule has 3 heteroatoms. The second-order valence-corrected chi connectivity index (χ2v) is 5.04. The molecule has 0 fully saturated rings. The summed E-state index contributed by atoms with van der Waals surface area (Å²) in [5.41, 5.74) is 2.84. The number of para-hydroxylation sites is 3. The van der Waals surface area contributed by atoms with E-state index in [1.807, 2.05) is 67.6 Å². The number of aromatic hydroxyl groups is 1. The summed E-state index contributed by atoms with van der Waals surface area (Å²) in [6.07, 6.45) is 0. The van der Waals surface area contributed by atoms with Crippen LogP contribution in [0.3, 0.4) is 0 Å². The lowest BCUT2D eigenvalue weighted by Crippen LogP contribution is -1.94. The smallest absolute Gasteiger partial charge is 0.150 e. The first kappa shape index (κ1) is 14.0. The summed E-state index contributed by atoms with van der Waals surface area (Å²) >= 11 is 0. The van der Waals surface area contributed by atoms with Gasteiger partial charge in [-0.2, -0.15) is 0 Å². The number of phenols is 1. The molecule has 0 unspecified atom stereocenters. The van der Waals surface area contributed by atoms with E-state index in [0.717, 1.165) is 28.4 Å². The Morgan fingerprint density at radius 1 is 0.773 bits per heavy atom. The van der Waals surface area contributed by atoms with Crippen LogP contribution in [0.25, 0.3) is 0 Å². The highest BCUT2D eigenvalue weighted by Gasteiger charge is 2.06. The van der Waals surface area contributed by atoms with E-state index in [1.54, 1.807) is 12.1 Å². The lowest BCUT2D eigenvalue weighted by molar-refractivity contribution is 0.475. The molecule has 0 aromatic heterocycles. The van der Waals surface area contributed by atoms with Crippen molar-refractivity contribution in [3.05, 3.63) is 78.4 Å². The third kappa shape index (κ3) is 3.20. The minimum atomic E-state index is 0.245. The molecule has 3 aromatic rings. The van der Waals surface area contributed by atoms with Crippen LogP contribution in [-0.4, -0.2) is 5.11 Å². The molecule has 3 nitrogen and oxygen atoms in total. The van der Waals surface area contributed by atoms with Gasteiger partial charge in [0.15, 0.2) is 5.75 Å².